The first kappa shape index (κ1) is 16.3. The summed E-state index contributed by atoms with van der Waals surface area (Å²) >= 11 is 12.5. The molecule has 1 atom stereocenters. The minimum atomic E-state index is -0.148. The van der Waals surface area contributed by atoms with Gasteiger partial charge in [0.05, 0.1) is 22.8 Å². The second-order valence-corrected chi connectivity index (χ2v) is 6.31. The highest BCUT2D eigenvalue weighted by Crippen LogP contribution is 2.37. The molecule has 1 aromatic heterocycles. The van der Waals surface area contributed by atoms with Crippen molar-refractivity contribution in [3.63, 3.8) is 0 Å². The monoisotopic (exact) mass is 354 g/mol. The molecule has 3 rings (SSSR count). The van der Waals surface area contributed by atoms with E-state index in [4.69, 9.17) is 32.5 Å². The molecule has 1 aromatic carbocycles. The number of hydrogen-bond acceptors (Lipinski definition) is 4. The molecule has 5 nitrogen and oxygen atoms in total. The van der Waals surface area contributed by atoms with Gasteiger partial charge in [0.1, 0.15) is 17.0 Å². The van der Waals surface area contributed by atoms with Crippen molar-refractivity contribution in [3.8, 4) is 11.3 Å². The van der Waals surface area contributed by atoms with Crippen LogP contribution in [0.4, 0.5) is 0 Å². The molecule has 23 heavy (non-hydrogen) atoms. The van der Waals surface area contributed by atoms with Gasteiger partial charge in [-0.3, -0.25) is 4.79 Å². The Bertz CT molecular complexity index is 725. The molecule has 122 valence electrons. The van der Waals surface area contributed by atoms with Crippen molar-refractivity contribution < 1.29 is 14.1 Å². The maximum atomic E-state index is 12.9. The lowest BCUT2D eigenvalue weighted by molar-refractivity contribution is -0.0124. The number of aryl methyl sites for hydroxylation is 1. The number of nitrogens with zero attached hydrogens (tertiary/aromatic N) is 2. The Kier molecular flexibility index (Phi) is 4.62. The van der Waals surface area contributed by atoms with Crippen molar-refractivity contribution in [1.82, 2.24) is 10.1 Å². The zero-order valence-corrected chi connectivity index (χ0v) is 14.3. The van der Waals surface area contributed by atoms with Crippen LogP contribution >= 0.6 is 23.2 Å². The minimum absolute atomic E-state index is 0.000201. The highest BCUT2D eigenvalue weighted by molar-refractivity contribution is 6.39. The van der Waals surface area contributed by atoms with E-state index >= 15 is 0 Å². The van der Waals surface area contributed by atoms with Gasteiger partial charge in [0.2, 0.25) is 0 Å². The second kappa shape index (κ2) is 6.51. The lowest BCUT2D eigenvalue weighted by Crippen LogP contribution is -2.44. The van der Waals surface area contributed by atoms with Crippen LogP contribution in [0, 0.1) is 6.92 Å². The summed E-state index contributed by atoms with van der Waals surface area (Å²) in [7, 11) is 0. The number of rotatable bonds is 2. The second-order valence-electron chi connectivity index (χ2n) is 5.49. The van der Waals surface area contributed by atoms with Crippen LogP contribution in [0.3, 0.4) is 0 Å². The van der Waals surface area contributed by atoms with Crippen molar-refractivity contribution in [2.24, 2.45) is 0 Å². The number of ether oxygens (including phenoxy) is 1. The molecule has 0 aliphatic carbocycles. The molecule has 0 saturated carbocycles. The number of hydrogen-bond donors (Lipinski definition) is 0. The first-order valence-corrected chi connectivity index (χ1v) is 8.06. The van der Waals surface area contributed by atoms with Crippen molar-refractivity contribution in [1.29, 1.82) is 0 Å². The number of morpholine rings is 1. The van der Waals surface area contributed by atoms with Gasteiger partial charge in [0.15, 0.2) is 0 Å². The average molecular weight is 355 g/mol. The Labute approximate surface area is 144 Å². The molecule has 1 saturated heterocycles. The van der Waals surface area contributed by atoms with Crippen LogP contribution < -0.4 is 0 Å². The van der Waals surface area contributed by atoms with Gasteiger partial charge in [-0.2, -0.15) is 0 Å². The molecule has 1 fully saturated rings. The predicted molar refractivity (Wildman–Crippen MR) is 88.0 cm³/mol. The van der Waals surface area contributed by atoms with Gasteiger partial charge in [0.25, 0.3) is 5.91 Å². The molecular formula is C16H16Cl2N2O3. The van der Waals surface area contributed by atoms with Gasteiger partial charge >= 0.3 is 0 Å². The van der Waals surface area contributed by atoms with Gasteiger partial charge in [0, 0.05) is 18.7 Å². The molecule has 1 unspecified atom stereocenters. The van der Waals surface area contributed by atoms with Crippen LogP contribution in [0.15, 0.2) is 22.7 Å². The molecule has 0 N–H and O–H groups in total. The lowest BCUT2D eigenvalue weighted by Gasteiger charge is -2.31. The van der Waals surface area contributed by atoms with E-state index in [1.54, 1.807) is 30.0 Å². The first-order chi connectivity index (χ1) is 11.0. The summed E-state index contributed by atoms with van der Waals surface area (Å²) in [6, 6.07) is 5.15. The van der Waals surface area contributed by atoms with E-state index in [0.29, 0.717) is 52.3 Å². The first-order valence-electron chi connectivity index (χ1n) is 7.30. The Morgan fingerprint density at radius 3 is 2.70 bits per heavy atom. The number of amides is 1. The van der Waals surface area contributed by atoms with Crippen molar-refractivity contribution in [3.05, 3.63) is 39.6 Å². The molecule has 1 amide bonds. The van der Waals surface area contributed by atoms with Gasteiger partial charge in [-0.15, -0.1) is 0 Å². The quantitative estimate of drug-likeness (QED) is 0.822. The normalized spacial score (nSPS) is 18.3. The maximum Gasteiger partial charge on any atom is 0.259 e. The van der Waals surface area contributed by atoms with Crippen molar-refractivity contribution in [2.75, 3.05) is 19.7 Å². The van der Waals surface area contributed by atoms with Crippen LogP contribution in [-0.2, 0) is 4.74 Å². The molecule has 2 aromatic rings. The summed E-state index contributed by atoms with van der Waals surface area (Å²) in [5.74, 6) is 0.296. The van der Waals surface area contributed by atoms with E-state index in [2.05, 4.69) is 5.16 Å². The van der Waals surface area contributed by atoms with E-state index < -0.39 is 0 Å². The molecule has 7 heteroatoms. The summed E-state index contributed by atoms with van der Waals surface area (Å²) in [6.45, 7) is 5.21. The van der Waals surface area contributed by atoms with Crippen LogP contribution in [0.25, 0.3) is 11.3 Å². The van der Waals surface area contributed by atoms with Crippen LogP contribution in [0.1, 0.15) is 23.0 Å². The van der Waals surface area contributed by atoms with E-state index in [9.17, 15) is 4.79 Å². The zero-order chi connectivity index (χ0) is 16.6. The maximum absolute atomic E-state index is 12.9. The number of halogens is 2. The van der Waals surface area contributed by atoms with E-state index in [1.807, 2.05) is 6.92 Å². The van der Waals surface area contributed by atoms with Crippen molar-refractivity contribution >= 4 is 29.1 Å². The van der Waals surface area contributed by atoms with E-state index in [1.165, 1.54) is 0 Å². The van der Waals surface area contributed by atoms with Gasteiger partial charge < -0.3 is 14.2 Å². The topological polar surface area (TPSA) is 55.6 Å². The number of aromatic nitrogens is 1. The molecule has 0 radical (unpaired) electrons. The van der Waals surface area contributed by atoms with Gasteiger partial charge in [-0.25, -0.2) is 0 Å². The van der Waals surface area contributed by atoms with E-state index in [-0.39, 0.29) is 12.0 Å². The third-order valence-corrected chi connectivity index (χ3v) is 4.43. The van der Waals surface area contributed by atoms with Crippen LogP contribution in [0.2, 0.25) is 10.0 Å². The predicted octanol–water partition coefficient (Wildman–Crippen LogP) is 3.82. The fraction of sp³-hybridized carbons (Fsp3) is 0.375. The zero-order valence-electron chi connectivity index (χ0n) is 12.8. The summed E-state index contributed by atoms with van der Waals surface area (Å²) in [5, 5.41) is 4.87. The average Bonchev–Trinajstić information content (AvgIpc) is 2.88. The highest BCUT2D eigenvalue weighted by Gasteiger charge is 2.30. The summed E-state index contributed by atoms with van der Waals surface area (Å²) in [4.78, 5) is 14.7. The SMILES string of the molecule is Cc1onc(-c2c(Cl)cccc2Cl)c1C(=O)N1CCOC(C)C1. The van der Waals surface area contributed by atoms with Gasteiger partial charge in [-0.05, 0) is 26.0 Å². The van der Waals surface area contributed by atoms with Crippen LogP contribution in [-0.4, -0.2) is 41.8 Å². The third kappa shape index (κ3) is 3.09. The summed E-state index contributed by atoms with van der Waals surface area (Å²) in [6.07, 6.45) is 0.000201. The Morgan fingerprint density at radius 1 is 1.35 bits per heavy atom. The highest BCUT2D eigenvalue weighted by atomic mass is 35.5. The Hall–Kier alpha value is -1.56. The van der Waals surface area contributed by atoms with E-state index in [0.717, 1.165) is 0 Å². The van der Waals surface area contributed by atoms with Crippen molar-refractivity contribution in [2.45, 2.75) is 20.0 Å². The smallest absolute Gasteiger partial charge is 0.259 e. The standard InChI is InChI=1S/C16H16Cl2N2O3/c1-9-8-20(6-7-22-9)16(21)13-10(2)23-19-15(13)14-11(17)4-3-5-12(14)18/h3-5,9H,6-8H2,1-2H3. The van der Waals surface area contributed by atoms with Crippen LogP contribution in [0.5, 0.6) is 0 Å². The number of benzene rings is 1. The fourth-order valence-corrected chi connectivity index (χ4v) is 3.26. The summed E-state index contributed by atoms with van der Waals surface area (Å²) in [5.41, 5.74) is 1.29. The largest absolute Gasteiger partial charge is 0.375 e. The molecule has 2 heterocycles. The minimum Gasteiger partial charge on any atom is -0.375 e. The summed E-state index contributed by atoms with van der Waals surface area (Å²) < 4.78 is 10.7. The lowest BCUT2D eigenvalue weighted by atomic mass is 10.0. The molecular weight excluding hydrogens is 339 g/mol. The molecule has 1 aliphatic heterocycles. The Balaban J connectivity index is 2.04. The molecule has 0 bridgehead atoms. The number of carbonyl (C=O) groups excluding carboxylic acids is 1. The molecule has 0 spiro atoms. The fourth-order valence-electron chi connectivity index (χ4n) is 2.68. The Morgan fingerprint density at radius 2 is 2.04 bits per heavy atom. The molecule has 1 aliphatic rings. The number of carbonyl (C=O) groups is 1. The third-order valence-electron chi connectivity index (χ3n) is 3.80. The van der Waals surface area contributed by atoms with Gasteiger partial charge in [-0.1, -0.05) is 34.4 Å².